The number of nitrogens with zero attached hydrogens (tertiary/aromatic N) is 1. The van der Waals surface area contributed by atoms with Crippen LogP contribution in [0.15, 0.2) is 60.7 Å². The van der Waals surface area contributed by atoms with Crippen LogP contribution in [0.5, 0.6) is 0 Å². The molecule has 126 valence electrons. The summed E-state index contributed by atoms with van der Waals surface area (Å²) in [6, 6.07) is 21.2. The van der Waals surface area contributed by atoms with Gasteiger partial charge in [-0.15, -0.1) is 0 Å². The first-order valence-electron chi connectivity index (χ1n) is 8.94. The third-order valence-corrected chi connectivity index (χ3v) is 3.92. The average Bonchev–Trinajstić information content (AvgIpc) is 2.63. The molecule has 3 rings (SSSR count). The molecule has 0 aliphatic heterocycles. The zero-order chi connectivity index (χ0) is 17.2. The zero-order valence-electron chi connectivity index (χ0n) is 14.8. The second-order valence-electron chi connectivity index (χ2n) is 5.92. The standard InChI is InChI=1S/C20H21N.C2H7N/c1-2-3-5-12-17-15-20(16-10-6-4-7-11-16)21-19-14-9-8-13-18(17)19;1-2-3/h4,6-11,13-15H,2-3,5,12H2,1H3;2-3H2,1H3. The topological polar surface area (TPSA) is 38.9 Å². The number of hydrogen-bond acceptors (Lipinski definition) is 2. The third-order valence-electron chi connectivity index (χ3n) is 3.92. The van der Waals surface area contributed by atoms with E-state index in [1.165, 1.54) is 35.8 Å². The van der Waals surface area contributed by atoms with Crippen LogP contribution in [-0.2, 0) is 6.42 Å². The maximum atomic E-state index is 4.85. The summed E-state index contributed by atoms with van der Waals surface area (Å²) in [6.07, 6.45) is 4.93. The first-order chi connectivity index (χ1) is 11.8. The lowest BCUT2D eigenvalue weighted by Crippen LogP contribution is -1.93. The molecular formula is C22H28N2. The van der Waals surface area contributed by atoms with E-state index in [2.05, 4.69) is 61.5 Å². The van der Waals surface area contributed by atoms with Crippen molar-refractivity contribution in [3.63, 3.8) is 0 Å². The Morgan fingerprint density at radius 1 is 0.875 bits per heavy atom. The van der Waals surface area contributed by atoms with E-state index in [0.717, 1.165) is 24.2 Å². The minimum absolute atomic E-state index is 0.750. The molecule has 1 aromatic heterocycles. The highest BCUT2D eigenvalue weighted by Gasteiger charge is 2.07. The van der Waals surface area contributed by atoms with Gasteiger partial charge in [0.25, 0.3) is 0 Å². The number of hydrogen-bond donors (Lipinski definition) is 1. The molecule has 0 radical (unpaired) electrons. The SMILES string of the molecule is CCCCCc1cc(-c2ccccc2)nc2ccccc12.CCN. The summed E-state index contributed by atoms with van der Waals surface area (Å²) in [5.74, 6) is 0. The van der Waals surface area contributed by atoms with Crippen LogP contribution < -0.4 is 5.73 Å². The molecule has 0 bridgehead atoms. The van der Waals surface area contributed by atoms with Crippen molar-refractivity contribution in [3.8, 4) is 11.3 Å². The van der Waals surface area contributed by atoms with Gasteiger partial charge in [0, 0.05) is 10.9 Å². The third kappa shape index (κ3) is 4.90. The van der Waals surface area contributed by atoms with E-state index in [-0.39, 0.29) is 0 Å². The van der Waals surface area contributed by atoms with Gasteiger partial charge in [-0.05, 0) is 37.1 Å². The van der Waals surface area contributed by atoms with Crippen LogP contribution in [0.1, 0.15) is 38.7 Å². The Morgan fingerprint density at radius 3 is 2.25 bits per heavy atom. The Kier molecular flexibility index (Phi) is 7.44. The van der Waals surface area contributed by atoms with Gasteiger partial charge in [0.1, 0.15) is 0 Å². The molecule has 1 heterocycles. The van der Waals surface area contributed by atoms with E-state index in [1.54, 1.807) is 0 Å². The molecule has 0 saturated heterocycles. The second kappa shape index (κ2) is 9.84. The Bertz CT molecular complexity index is 735. The van der Waals surface area contributed by atoms with Gasteiger partial charge >= 0.3 is 0 Å². The largest absolute Gasteiger partial charge is 0.331 e. The Hall–Kier alpha value is -2.19. The lowest BCUT2D eigenvalue weighted by Gasteiger charge is -2.10. The fourth-order valence-corrected chi connectivity index (χ4v) is 2.78. The van der Waals surface area contributed by atoms with Crippen molar-refractivity contribution < 1.29 is 0 Å². The number of fused-ring (bicyclic) bond motifs is 1. The molecule has 0 spiro atoms. The van der Waals surface area contributed by atoms with E-state index in [4.69, 9.17) is 10.7 Å². The summed E-state index contributed by atoms with van der Waals surface area (Å²) in [5, 5.41) is 1.30. The maximum Gasteiger partial charge on any atom is 0.0712 e. The van der Waals surface area contributed by atoms with E-state index >= 15 is 0 Å². The summed E-state index contributed by atoms with van der Waals surface area (Å²) in [7, 11) is 0. The summed E-state index contributed by atoms with van der Waals surface area (Å²) >= 11 is 0. The molecule has 0 saturated carbocycles. The van der Waals surface area contributed by atoms with Crippen LogP contribution in [0.2, 0.25) is 0 Å². The van der Waals surface area contributed by atoms with Gasteiger partial charge in [0.05, 0.1) is 11.2 Å². The maximum absolute atomic E-state index is 4.85. The number of benzene rings is 2. The van der Waals surface area contributed by atoms with Crippen molar-refractivity contribution in [1.82, 2.24) is 4.98 Å². The predicted octanol–water partition coefficient (Wildman–Crippen LogP) is 5.60. The molecule has 0 atom stereocenters. The van der Waals surface area contributed by atoms with Crippen LogP contribution in [0, 0.1) is 0 Å². The first kappa shape index (κ1) is 18.2. The van der Waals surface area contributed by atoms with Gasteiger partial charge in [-0.1, -0.05) is 75.2 Å². The van der Waals surface area contributed by atoms with Crippen LogP contribution in [-0.4, -0.2) is 11.5 Å². The van der Waals surface area contributed by atoms with Gasteiger partial charge in [-0.3, -0.25) is 0 Å². The molecule has 0 aliphatic carbocycles. The first-order valence-corrected chi connectivity index (χ1v) is 8.94. The van der Waals surface area contributed by atoms with Gasteiger partial charge < -0.3 is 5.73 Å². The summed E-state index contributed by atoms with van der Waals surface area (Å²) in [4.78, 5) is 4.83. The molecule has 3 aromatic rings. The fourth-order valence-electron chi connectivity index (χ4n) is 2.78. The van der Waals surface area contributed by atoms with E-state index < -0.39 is 0 Å². The van der Waals surface area contributed by atoms with Gasteiger partial charge in [-0.2, -0.15) is 0 Å². The lowest BCUT2D eigenvalue weighted by molar-refractivity contribution is 0.719. The number of para-hydroxylation sites is 1. The highest BCUT2D eigenvalue weighted by Crippen LogP contribution is 2.25. The fraction of sp³-hybridized carbons (Fsp3) is 0.318. The molecule has 2 heteroatoms. The van der Waals surface area contributed by atoms with Crippen LogP contribution in [0.3, 0.4) is 0 Å². The van der Waals surface area contributed by atoms with Crippen molar-refractivity contribution >= 4 is 10.9 Å². The van der Waals surface area contributed by atoms with Crippen LogP contribution in [0.4, 0.5) is 0 Å². The molecule has 0 fully saturated rings. The van der Waals surface area contributed by atoms with Gasteiger partial charge in [0.2, 0.25) is 0 Å². The highest BCUT2D eigenvalue weighted by molar-refractivity contribution is 5.85. The summed E-state index contributed by atoms with van der Waals surface area (Å²) in [6.45, 7) is 4.90. The average molecular weight is 320 g/mol. The monoisotopic (exact) mass is 320 g/mol. The molecule has 2 N–H and O–H groups in total. The highest BCUT2D eigenvalue weighted by atomic mass is 14.7. The Balaban J connectivity index is 0.000000647. The number of aryl methyl sites for hydroxylation is 1. The molecular weight excluding hydrogens is 292 g/mol. The number of pyridine rings is 1. The molecule has 0 aliphatic rings. The Labute approximate surface area is 145 Å². The summed E-state index contributed by atoms with van der Waals surface area (Å²) < 4.78 is 0. The van der Waals surface area contributed by atoms with E-state index in [9.17, 15) is 0 Å². The molecule has 2 aromatic carbocycles. The van der Waals surface area contributed by atoms with Crippen molar-refractivity contribution in [3.05, 3.63) is 66.2 Å². The lowest BCUT2D eigenvalue weighted by atomic mass is 10.00. The van der Waals surface area contributed by atoms with Gasteiger partial charge in [-0.25, -0.2) is 4.98 Å². The molecule has 0 amide bonds. The Morgan fingerprint density at radius 2 is 1.54 bits per heavy atom. The number of nitrogens with two attached hydrogens (primary N) is 1. The quantitative estimate of drug-likeness (QED) is 0.621. The summed E-state index contributed by atoms with van der Waals surface area (Å²) in [5.41, 5.74) is 9.65. The van der Waals surface area contributed by atoms with E-state index in [1.807, 2.05) is 13.0 Å². The number of rotatable bonds is 5. The number of aromatic nitrogens is 1. The molecule has 2 nitrogen and oxygen atoms in total. The van der Waals surface area contributed by atoms with Crippen molar-refractivity contribution in [2.45, 2.75) is 39.5 Å². The zero-order valence-corrected chi connectivity index (χ0v) is 14.8. The molecule has 0 unspecified atom stereocenters. The van der Waals surface area contributed by atoms with Crippen molar-refractivity contribution in [1.29, 1.82) is 0 Å². The minimum atomic E-state index is 0.750. The molecule has 24 heavy (non-hydrogen) atoms. The smallest absolute Gasteiger partial charge is 0.0712 e. The predicted molar refractivity (Wildman–Crippen MR) is 105 cm³/mol. The normalized spacial score (nSPS) is 10.3. The minimum Gasteiger partial charge on any atom is -0.331 e. The van der Waals surface area contributed by atoms with Gasteiger partial charge in [0.15, 0.2) is 0 Å². The number of unbranched alkanes of at least 4 members (excludes halogenated alkanes) is 2. The van der Waals surface area contributed by atoms with Crippen LogP contribution in [0.25, 0.3) is 22.2 Å². The van der Waals surface area contributed by atoms with Crippen molar-refractivity contribution in [2.75, 3.05) is 6.54 Å². The van der Waals surface area contributed by atoms with Crippen LogP contribution >= 0.6 is 0 Å². The second-order valence-corrected chi connectivity index (χ2v) is 5.92. The van der Waals surface area contributed by atoms with E-state index in [0.29, 0.717) is 0 Å². The van der Waals surface area contributed by atoms with Crippen molar-refractivity contribution in [2.24, 2.45) is 5.73 Å².